The first-order valence-electron chi connectivity index (χ1n) is 7.13. The lowest BCUT2D eigenvalue weighted by molar-refractivity contribution is -0.386. The van der Waals surface area contributed by atoms with Crippen molar-refractivity contribution in [1.82, 2.24) is 9.55 Å². The van der Waals surface area contributed by atoms with Gasteiger partial charge in [0, 0.05) is 29.7 Å². The van der Waals surface area contributed by atoms with Gasteiger partial charge in [-0.05, 0) is 19.4 Å². The highest BCUT2D eigenvalue weighted by molar-refractivity contribution is 5.29. The molecule has 0 unspecified atom stereocenters. The summed E-state index contributed by atoms with van der Waals surface area (Å²) in [7, 11) is 0. The summed E-state index contributed by atoms with van der Waals surface area (Å²) in [5.41, 5.74) is -0.483. The van der Waals surface area contributed by atoms with E-state index < -0.39 is 16.2 Å². The van der Waals surface area contributed by atoms with Gasteiger partial charge in [0.2, 0.25) is 5.43 Å². The smallest absolute Gasteiger partial charge is 0.334 e. The van der Waals surface area contributed by atoms with E-state index in [0.717, 1.165) is 6.42 Å². The molecule has 122 valence electrons. The fraction of sp³-hybridized carbons (Fsp3) is 0.333. The highest BCUT2D eigenvalue weighted by atomic mass is 16.6. The Morgan fingerprint density at radius 2 is 2.09 bits per heavy atom. The Kier molecular flexibility index (Phi) is 4.95. The molecule has 0 amide bonds. The summed E-state index contributed by atoms with van der Waals surface area (Å²) in [4.78, 5) is 37.1. The van der Waals surface area contributed by atoms with E-state index in [9.17, 15) is 19.7 Å². The zero-order valence-electron chi connectivity index (χ0n) is 12.9. The molecule has 2 aromatic rings. The summed E-state index contributed by atoms with van der Waals surface area (Å²) in [5, 5.41) is 10.9. The fourth-order valence-corrected chi connectivity index (χ4v) is 2.08. The summed E-state index contributed by atoms with van der Waals surface area (Å²) in [6, 6.07) is 4.00. The van der Waals surface area contributed by atoms with Crippen molar-refractivity contribution in [2.75, 3.05) is 6.61 Å². The molecule has 0 aliphatic carbocycles. The van der Waals surface area contributed by atoms with Crippen LogP contribution in [-0.2, 0) is 6.54 Å². The van der Waals surface area contributed by atoms with E-state index in [1.807, 2.05) is 6.92 Å². The van der Waals surface area contributed by atoms with Gasteiger partial charge in [-0.1, -0.05) is 6.92 Å². The second kappa shape index (κ2) is 6.91. The third-order valence-electron chi connectivity index (χ3n) is 3.30. The van der Waals surface area contributed by atoms with Gasteiger partial charge in [-0.25, -0.2) is 0 Å². The third-order valence-corrected chi connectivity index (χ3v) is 3.30. The number of hydrogen-bond donors (Lipinski definition) is 1. The molecule has 2 aromatic heterocycles. The maximum Gasteiger partial charge on any atom is 0.334 e. The molecule has 0 saturated carbocycles. The Hall–Kier alpha value is -2.90. The molecule has 1 N–H and O–H groups in total. The number of nitrogens with one attached hydrogen (secondary N) is 1. The summed E-state index contributed by atoms with van der Waals surface area (Å²) in [5.74, 6) is 0.207. The first kappa shape index (κ1) is 16.5. The van der Waals surface area contributed by atoms with E-state index in [1.54, 1.807) is 6.92 Å². The van der Waals surface area contributed by atoms with Crippen molar-refractivity contribution in [3.8, 4) is 5.75 Å². The van der Waals surface area contributed by atoms with Gasteiger partial charge in [0.25, 0.3) is 0 Å². The van der Waals surface area contributed by atoms with Crippen LogP contribution in [0.4, 0.5) is 5.69 Å². The molecule has 0 fully saturated rings. The number of nitro groups is 1. The molecule has 8 nitrogen and oxygen atoms in total. The largest absolute Gasteiger partial charge is 0.488 e. The van der Waals surface area contributed by atoms with Gasteiger partial charge in [-0.15, -0.1) is 0 Å². The average molecular weight is 319 g/mol. The maximum absolute atomic E-state index is 12.1. The second-order valence-corrected chi connectivity index (χ2v) is 5.04. The molecular formula is C15H17N3O5. The van der Waals surface area contributed by atoms with Crippen LogP contribution in [0.25, 0.3) is 0 Å². The van der Waals surface area contributed by atoms with Crippen molar-refractivity contribution in [3.05, 3.63) is 66.5 Å². The van der Waals surface area contributed by atoms with E-state index in [-0.39, 0.29) is 17.7 Å². The Morgan fingerprint density at radius 1 is 1.35 bits per heavy atom. The molecule has 0 spiro atoms. The van der Waals surface area contributed by atoms with Crippen molar-refractivity contribution in [2.45, 2.75) is 26.8 Å². The van der Waals surface area contributed by atoms with E-state index in [1.165, 1.54) is 29.0 Å². The minimum absolute atomic E-state index is 0.0373. The molecule has 2 rings (SSSR count). The number of aromatic nitrogens is 2. The van der Waals surface area contributed by atoms with E-state index >= 15 is 0 Å². The van der Waals surface area contributed by atoms with Crippen LogP contribution in [0.3, 0.4) is 0 Å². The van der Waals surface area contributed by atoms with Gasteiger partial charge in [0.15, 0.2) is 5.75 Å². The van der Waals surface area contributed by atoms with Crippen molar-refractivity contribution in [3.63, 3.8) is 0 Å². The first-order chi connectivity index (χ1) is 10.9. The first-order valence-corrected chi connectivity index (χ1v) is 7.13. The minimum atomic E-state index is -0.720. The molecule has 2 heterocycles. The van der Waals surface area contributed by atoms with E-state index in [0.29, 0.717) is 18.0 Å². The van der Waals surface area contributed by atoms with Gasteiger partial charge in [-0.3, -0.25) is 19.7 Å². The van der Waals surface area contributed by atoms with Crippen molar-refractivity contribution in [1.29, 1.82) is 0 Å². The zero-order valence-corrected chi connectivity index (χ0v) is 12.9. The van der Waals surface area contributed by atoms with Crippen LogP contribution < -0.4 is 15.7 Å². The predicted molar refractivity (Wildman–Crippen MR) is 84.0 cm³/mol. The summed E-state index contributed by atoms with van der Waals surface area (Å²) >= 11 is 0. The molecule has 0 bridgehead atoms. The van der Waals surface area contributed by atoms with Gasteiger partial charge in [0.05, 0.1) is 18.1 Å². The van der Waals surface area contributed by atoms with Crippen LogP contribution in [0.2, 0.25) is 0 Å². The lowest BCUT2D eigenvalue weighted by Gasteiger charge is -2.10. The molecule has 0 aromatic carbocycles. The Labute approximate surface area is 131 Å². The number of nitrogens with zero attached hydrogens (tertiary/aromatic N) is 2. The summed E-state index contributed by atoms with van der Waals surface area (Å²) < 4.78 is 6.53. The Bertz CT molecular complexity index is 838. The van der Waals surface area contributed by atoms with Gasteiger partial charge >= 0.3 is 11.2 Å². The molecular weight excluding hydrogens is 302 g/mol. The van der Waals surface area contributed by atoms with Crippen LogP contribution >= 0.6 is 0 Å². The monoisotopic (exact) mass is 319 g/mol. The average Bonchev–Trinajstić information content (AvgIpc) is 2.50. The van der Waals surface area contributed by atoms with Gasteiger partial charge in [0.1, 0.15) is 0 Å². The lowest BCUT2D eigenvalue weighted by Crippen LogP contribution is -2.25. The van der Waals surface area contributed by atoms with Crippen LogP contribution in [0, 0.1) is 17.0 Å². The number of rotatable bonds is 6. The van der Waals surface area contributed by atoms with Gasteiger partial charge in [-0.2, -0.15) is 0 Å². The van der Waals surface area contributed by atoms with Crippen LogP contribution in [0.1, 0.15) is 24.7 Å². The molecule has 8 heteroatoms. The fourth-order valence-electron chi connectivity index (χ4n) is 2.08. The molecule has 0 radical (unpaired) electrons. The lowest BCUT2D eigenvalue weighted by atomic mass is 10.3. The minimum Gasteiger partial charge on any atom is -0.488 e. The number of pyridine rings is 2. The number of H-pyrrole nitrogens is 1. The van der Waals surface area contributed by atoms with Crippen molar-refractivity contribution in [2.24, 2.45) is 0 Å². The zero-order chi connectivity index (χ0) is 17.0. The summed E-state index contributed by atoms with van der Waals surface area (Å²) in [6.07, 6.45) is 2.22. The van der Waals surface area contributed by atoms with Crippen molar-refractivity contribution < 1.29 is 9.66 Å². The second-order valence-electron chi connectivity index (χ2n) is 5.04. The highest BCUT2D eigenvalue weighted by Crippen LogP contribution is 2.08. The molecule has 23 heavy (non-hydrogen) atoms. The number of ether oxygens (including phenoxy) is 1. The topological polar surface area (TPSA) is 107 Å². The Morgan fingerprint density at radius 3 is 2.70 bits per heavy atom. The van der Waals surface area contributed by atoms with Crippen LogP contribution in [-0.4, -0.2) is 21.1 Å². The number of aromatic amines is 1. The standard InChI is InChI=1S/C15H17N3O5/c1-3-6-23-14-8-16-11(7-13(14)19)9-17-10(2)4-5-12(15(17)20)18(21)22/h4-5,7-8H,3,6,9H2,1-2H3,(H,16,19). The number of aryl methyl sites for hydroxylation is 1. The normalized spacial score (nSPS) is 10.5. The van der Waals surface area contributed by atoms with E-state index in [2.05, 4.69) is 4.98 Å². The van der Waals surface area contributed by atoms with Gasteiger partial charge < -0.3 is 14.3 Å². The summed E-state index contributed by atoms with van der Waals surface area (Å²) in [6.45, 7) is 4.07. The van der Waals surface area contributed by atoms with Crippen LogP contribution in [0.5, 0.6) is 5.75 Å². The number of hydrogen-bond acceptors (Lipinski definition) is 5. The quantitative estimate of drug-likeness (QED) is 0.642. The van der Waals surface area contributed by atoms with Crippen LogP contribution in [0.15, 0.2) is 34.0 Å². The molecule has 0 aliphatic rings. The van der Waals surface area contributed by atoms with E-state index in [4.69, 9.17) is 4.74 Å². The predicted octanol–water partition coefficient (Wildman–Crippen LogP) is 1.59. The molecule has 0 saturated heterocycles. The maximum atomic E-state index is 12.1. The SMILES string of the molecule is CCCOc1c[nH]c(Cn2c(C)ccc([N+](=O)[O-])c2=O)cc1=O. The molecule has 0 atom stereocenters. The van der Waals surface area contributed by atoms with Crippen molar-refractivity contribution >= 4 is 5.69 Å². The molecule has 0 aliphatic heterocycles. The highest BCUT2D eigenvalue weighted by Gasteiger charge is 2.16. The third kappa shape index (κ3) is 3.65. The Balaban J connectivity index is 2.35.